The number of benzene rings is 1. The van der Waals surface area contributed by atoms with Gasteiger partial charge in [-0.05, 0) is 62.7 Å². The minimum Gasteiger partial charge on any atom is -0.303 e. The fourth-order valence-electron chi connectivity index (χ4n) is 4.35. The first-order valence-electron chi connectivity index (χ1n) is 8.00. The molecule has 3 rings (SSSR count). The zero-order valence-corrected chi connectivity index (χ0v) is 12.7. The summed E-state index contributed by atoms with van der Waals surface area (Å²) >= 11 is 0. The smallest absolute Gasteiger partial charge is 0.0167 e. The quantitative estimate of drug-likeness (QED) is 0.769. The Balaban J connectivity index is 1.99. The van der Waals surface area contributed by atoms with Crippen LogP contribution in [0.15, 0.2) is 18.2 Å². The van der Waals surface area contributed by atoms with Crippen LogP contribution < -0.4 is 0 Å². The van der Waals surface area contributed by atoms with Gasteiger partial charge in [0.15, 0.2) is 0 Å². The van der Waals surface area contributed by atoms with E-state index in [1.54, 1.807) is 11.1 Å². The molecule has 1 heteroatoms. The number of hydrogen-bond acceptors (Lipinski definition) is 1. The van der Waals surface area contributed by atoms with Gasteiger partial charge in [0.05, 0.1) is 0 Å². The van der Waals surface area contributed by atoms with Crippen LogP contribution in [0.3, 0.4) is 0 Å². The third kappa shape index (κ3) is 2.33. The van der Waals surface area contributed by atoms with E-state index in [4.69, 9.17) is 0 Å². The summed E-state index contributed by atoms with van der Waals surface area (Å²) in [7, 11) is 2.31. The maximum atomic E-state index is 2.59. The lowest BCUT2D eigenvalue weighted by molar-refractivity contribution is 0.119. The summed E-state index contributed by atoms with van der Waals surface area (Å²) in [6.07, 6.45) is 6.98. The Kier molecular flexibility index (Phi) is 3.66. The van der Waals surface area contributed by atoms with Crippen molar-refractivity contribution in [2.75, 3.05) is 13.6 Å². The van der Waals surface area contributed by atoms with Crippen LogP contribution in [0, 0.1) is 12.8 Å². The molecule has 2 aliphatic carbocycles. The van der Waals surface area contributed by atoms with Crippen molar-refractivity contribution in [1.29, 1.82) is 0 Å². The van der Waals surface area contributed by atoms with Gasteiger partial charge in [0.2, 0.25) is 0 Å². The first kappa shape index (κ1) is 13.2. The van der Waals surface area contributed by atoms with Crippen molar-refractivity contribution < 1.29 is 0 Å². The van der Waals surface area contributed by atoms with E-state index in [2.05, 4.69) is 44.0 Å². The lowest BCUT2D eigenvalue weighted by Gasteiger charge is -2.46. The molecule has 1 nitrogen and oxygen atoms in total. The third-order valence-electron chi connectivity index (χ3n) is 5.51. The molecule has 0 bridgehead atoms. The fourth-order valence-corrected chi connectivity index (χ4v) is 4.35. The average Bonchev–Trinajstić information content (AvgIpc) is 2.46. The second-order valence-corrected chi connectivity index (χ2v) is 6.60. The number of likely N-dealkylation sites (N-methyl/N-ethyl adjacent to an activating group) is 1. The molecule has 0 amide bonds. The standard InChI is InChI=1S/C18H27N/c1-4-19(3)18-12-14-10-9-13(2)11-17(14)15-7-5-6-8-16(15)18/h9-11,15-16,18H,4-8,12H2,1-3H3. The molecule has 1 aromatic rings. The van der Waals surface area contributed by atoms with Gasteiger partial charge >= 0.3 is 0 Å². The normalized spacial score (nSPS) is 30.0. The maximum absolute atomic E-state index is 2.59. The monoisotopic (exact) mass is 257 g/mol. The first-order chi connectivity index (χ1) is 9.20. The van der Waals surface area contributed by atoms with Gasteiger partial charge < -0.3 is 4.90 Å². The summed E-state index contributed by atoms with van der Waals surface area (Å²) in [6.45, 7) is 5.71. The molecular weight excluding hydrogens is 230 g/mol. The maximum Gasteiger partial charge on any atom is 0.0167 e. The molecule has 1 aromatic carbocycles. The molecule has 1 saturated carbocycles. The van der Waals surface area contributed by atoms with Gasteiger partial charge in [0, 0.05) is 6.04 Å². The van der Waals surface area contributed by atoms with Crippen LogP contribution in [-0.4, -0.2) is 24.5 Å². The van der Waals surface area contributed by atoms with Gasteiger partial charge in [-0.1, -0.05) is 43.5 Å². The minimum atomic E-state index is 0.769. The molecule has 0 aliphatic heterocycles. The van der Waals surface area contributed by atoms with E-state index in [-0.39, 0.29) is 0 Å². The highest BCUT2D eigenvalue weighted by atomic mass is 15.1. The van der Waals surface area contributed by atoms with Gasteiger partial charge in [-0.15, -0.1) is 0 Å². The number of fused-ring (bicyclic) bond motifs is 3. The molecule has 0 radical (unpaired) electrons. The molecule has 2 aliphatic rings. The Morgan fingerprint density at radius 1 is 1.21 bits per heavy atom. The number of aryl methyl sites for hydroxylation is 1. The van der Waals surface area contributed by atoms with E-state index in [0.29, 0.717) is 0 Å². The second kappa shape index (κ2) is 5.28. The van der Waals surface area contributed by atoms with Crippen molar-refractivity contribution in [2.24, 2.45) is 5.92 Å². The zero-order chi connectivity index (χ0) is 13.4. The largest absolute Gasteiger partial charge is 0.303 e. The van der Waals surface area contributed by atoms with Gasteiger partial charge in [-0.25, -0.2) is 0 Å². The summed E-state index contributed by atoms with van der Waals surface area (Å²) < 4.78 is 0. The Labute approximate surface area is 118 Å². The van der Waals surface area contributed by atoms with Crippen molar-refractivity contribution in [3.63, 3.8) is 0 Å². The average molecular weight is 257 g/mol. The SMILES string of the molecule is CCN(C)C1Cc2ccc(C)cc2C2CCCCC21. The van der Waals surface area contributed by atoms with Crippen LogP contribution in [0.1, 0.15) is 55.2 Å². The van der Waals surface area contributed by atoms with Crippen LogP contribution in [0.2, 0.25) is 0 Å². The molecule has 0 N–H and O–H groups in total. The first-order valence-corrected chi connectivity index (χ1v) is 8.00. The molecule has 0 heterocycles. The van der Waals surface area contributed by atoms with Crippen molar-refractivity contribution in [2.45, 2.75) is 57.9 Å². The zero-order valence-electron chi connectivity index (χ0n) is 12.7. The van der Waals surface area contributed by atoms with E-state index in [1.807, 2.05) is 0 Å². The Bertz CT molecular complexity index is 451. The Hall–Kier alpha value is -0.820. The van der Waals surface area contributed by atoms with Crippen molar-refractivity contribution in [3.05, 3.63) is 34.9 Å². The molecule has 104 valence electrons. The molecular formula is C18H27N. The minimum absolute atomic E-state index is 0.769. The fraction of sp³-hybridized carbons (Fsp3) is 0.667. The molecule has 3 unspecified atom stereocenters. The predicted octanol–water partition coefficient (Wildman–Crippen LogP) is 4.15. The van der Waals surface area contributed by atoms with E-state index in [9.17, 15) is 0 Å². The van der Waals surface area contributed by atoms with Crippen LogP contribution >= 0.6 is 0 Å². The van der Waals surface area contributed by atoms with Crippen molar-refractivity contribution in [3.8, 4) is 0 Å². The summed E-state index contributed by atoms with van der Waals surface area (Å²) in [5.74, 6) is 1.73. The highest BCUT2D eigenvalue weighted by molar-refractivity contribution is 5.38. The van der Waals surface area contributed by atoms with Gasteiger partial charge in [-0.3, -0.25) is 0 Å². The van der Waals surface area contributed by atoms with E-state index in [0.717, 1.165) is 17.9 Å². The molecule has 19 heavy (non-hydrogen) atoms. The predicted molar refractivity (Wildman–Crippen MR) is 81.7 cm³/mol. The van der Waals surface area contributed by atoms with Crippen LogP contribution in [0.25, 0.3) is 0 Å². The number of rotatable bonds is 2. The lowest BCUT2D eigenvalue weighted by atomic mass is 9.65. The van der Waals surface area contributed by atoms with Crippen LogP contribution in [0.5, 0.6) is 0 Å². The summed E-state index contributed by atoms with van der Waals surface area (Å²) in [5.41, 5.74) is 4.75. The van der Waals surface area contributed by atoms with E-state index in [1.165, 1.54) is 44.2 Å². The highest BCUT2D eigenvalue weighted by Crippen LogP contribution is 2.46. The molecule has 0 saturated heterocycles. The third-order valence-corrected chi connectivity index (χ3v) is 5.51. The van der Waals surface area contributed by atoms with Crippen molar-refractivity contribution in [1.82, 2.24) is 4.90 Å². The van der Waals surface area contributed by atoms with E-state index < -0.39 is 0 Å². The van der Waals surface area contributed by atoms with Gasteiger partial charge in [0.25, 0.3) is 0 Å². The highest BCUT2D eigenvalue weighted by Gasteiger charge is 2.39. The van der Waals surface area contributed by atoms with E-state index >= 15 is 0 Å². The Morgan fingerprint density at radius 2 is 2.00 bits per heavy atom. The summed E-state index contributed by atoms with van der Waals surface area (Å²) in [6, 6.07) is 7.93. The molecule has 0 spiro atoms. The van der Waals surface area contributed by atoms with Crippen LogP contribution in [0.4, 0.5) is 0 Å². The number of hydrogen-bond donors (Lipinski definition) is 0. The Morgan fingerprint density at radius 3 is 2.79 bits per heavy atom. The molecule has 3 atom stereocenters. The topological polar surface area (TPSA) is 3.24 Å². The number of nitrogens with zero attached hydrogens (tertiary/aromatic N) is 1. The van der Waals surface area contributed by atoms with Crippen LogP contribution in [-0.2, 0) is 6.42 Å². The molecule has 0 aromatic heterocycles. The second-order valence-electron chi connectivity index (χ2n) is 6.60. The molecule has 1 fully saturated rings. The van der Waals surface area contributed by atoms with Gasteiger partial charge in [-0.2, -0.15) is 0 Å². The summed E-state index contributed by atoms with van der Waals surface area (Å²) in [4.78, 5) is 2.59. The van der Waals surface area contributed by atoms with Gasteiger partial charge in [0.1, 0.15) is 0 Å². The summed E-state index contributed by atoms with van der Waals surface area (Å²) in [5, 5.41) is 0. The van der Waals surface area contributed by atoms with Crippen molar-refractivity contribution >= 4 is 0 Å². The lowest BCUT2D eigenvalue weighted by Crippen LogP contribution is -2.46.